The second-order valence-corrected chi connectivity index (χ2v) is 19.4. The Morgan fingerprint density at radius 2 is 1.39 bits per heavy atom. The first-order chi connectivity index (χ1) is 10.1. The van der Waals surface area contributed by atoms with Gasteiger partial charge in [-0.3, -0.25) is 0 Å². The molecule has 0 aliphatic carbocycles. The Morgan fingerprint density at radius 1 is 0.913 bits per heavy atom. The summed E-state index contributed by atoms with van der Waals surface area (Å²) in [7, 11) is -3.48. The monoisotopic (exact) mass is 358 g/mol. The molecule has 0 aliphatic heterocycles. The van der Waals surface area contributed by atoms with E-state index < -0.39 is 16.6 Å². The molecule has 0 bridgehead atoms. The molecule has 0 unspecified atom stereocenters. The number of hydrogen-bond acceptors (Lipinski definition) is 2. The molecule has 0 fully saturated rings. The minimum atomic E-state index is -1.76. The van der Waals surface area contributed by atoms with Crippen molar-refractivity contribution >= 4 is 16.6 Å². The largest absolute Gasteiger partial charge is 0.414 e. The van der Waals surface area contributed by atoms with Crippen LogP contribution in [0, 0.1) is 0 Å². The first kappa shape index (κ1) is 23.1. The van der Waals surface area contributed by atoms with Gasteiger partial charge in [-0.2, -0.15) is 0 Å². The highest BCUT2D eigenvalue weighted by atomic mass is 28.4. The molecular weight excluding hydrogens is 316 g/mol. The highest BCUT2D eigenvalue weighted by molar-refractivity contribution is 6.74. The smallest absolute Gasteiger partial charge is 0.192 e. The zero-order valence-electron chi connectivity index (χ0n) is 17.5. The summed E-state index contributed by atoms with van der Waals surface area (Å²) < 4.78 is 13.1. The number of allylic oxidation sites excluding steroid dienone is 1. The molecule has 0 aliphatic rings. The molecule has 0 spiro atoms. The fraction of sp³-hybridized carbons (Fsp3) is 0.895. The minimum absolute atomic E-state index is 0.213. The standard InChI is InChI=1S/C19H42O2Si2/c1-12-13-14-15-17(21-23(10,11)19(5,6)7)16-20-22(8,9)18(2,3)4/h12,17H,1,13-16H2,2-11H3/t17-/m0/s1. The molecule has 0 aromatic carbocycles. The molecule has 0 radical (unpaired) electrons. The molecule has 0 amide bonds. The van der Waals surface area contributed by atoms with Crippen LogP contribution in [-0.2, 0) is 8.85 Å². The summed E-state index contributed by atoms with van der Waals surface area (Å²) in [6, 6.07) is 0. The Labute approximate surface area is 148 Å². The summed E-state index contributed by atoms with van der Waals surface area (Å²) in [6.45, 7) is 27.7. The van der Waals surface area contributed by atoms with Gasteiger partial charge >= 0.3 is 0 Å². The number of hydrogen-bond donors (Lipinski definition) is 0. The van der Waals surface area contributed by atoms with Gasteiger partial charge < -0.3 is 8.85 Å². The van der Waals surface area contributed by atoms with Gasteiger partial charge in [0.1, 0.15) is 0 Å². The summed E-state index contributed by atoms with van der Waals surface area (Å²) in [6.07, 6.45) is 5.46. The van der Waals surface area contributed by atoms with Gasteiger partial charge in [-0.25, -0.2) is 0 Å². The first-order valence-corrected chi connectivity index (χ1v) is 14.9. The average molecular weight is 359 g/mol. The summed E-state index contributed by atoms with van der Waals surface area (Å²) in [5.41, 5.74) is 0. The van der Waals surface area contributed by atoms with Crippen LogP contribution in [0.25, 0.3) is 0 Å². The van der Waals surface area contributed by atoms with Crippen molar-refractivity contribution in [1.29, 1.82) is 0 Å². The van der Waals surface area contributed by atoms with E-state index in [1.807, 2.05) is 6.08 Å². The van der Waals surface area contributed by atoms with Gasteiger partial charge in [-0.15, -0.1) is 6.58 Å². The Morgan fingerprint density at radius 3 is 1.78 bits per heavy atom. The van der Waals surface area contributed by atoms with Crippen molar-refractivity contribution in [3.05, 3.63) is 12.7 Å². The van der Waals surface area contributed by atoms with Gasteiger partial charge in [0.2, 0.25) is 0 Å². The van der Waals surface area contributed by atoms with Crippen molar-refractivity contribution < 1.29 is 8.85 Å². The van der Waals surface area contributed by atoms with E-state index in [9.17, 15) is 0 Å². The maximum atomic E-state index is 6.66. The maximum Gasteiger partial charge on any atom is 0.192 e. The topological polar surface area (TPSA) is 18.5 Å². The summed E-state index contributed by atoms with van der Waals surface area (Å²) >= 11 is 0. The van der Waals surface area contributed by atoms with Gasteiger partial charge in [0.15, 0.2) is 16.6 Å². The number of rotatable bonds is 9. The summed E-state index contributed by atoms with van der Waals surface area (Å²) in [4.78, 5) is 0. The van der Waals surface area contributed by atoms with Crippen LogP contribution in [0.2, 0.25) is 36.3 Å². The van der Waals surface area contributed by atoms with Crippen molar-refractivity contribution in [1.82, 2.24) is 0 Å². The molecule has 23 heavy (non-hydrogen) atoms. The minimum Gasteiger partial charge on any atom is -0.414 e. The molecule has 0 saturated carbocycles. The number of unbranched alkanes of at least 4 members (excludes halogenated alkanes) is 1. The van der Waals surface area contributed by atoms with Crippen LogP contribution in [0.4, 0.5) is 0 Å². The van der Waals surface area contributed by atoms with E-state index in [0.29, 0.717) is 0 Å². The lowest BCUT2D eigenvalue weighted by atomic mass is 10.1. The Bertz CT molecular complexity index is 363. The molecule has 0 N–H and O–H groups in total. The molecule has 2 nitrogen and oxygen atoms in total. The summed E-state index contributed by atoms with van der Waals surface area (Å²) in [5.74, 6) is 0. The van der Waals surface area contributed by atoms with Gasteiger partial charge in [0.05, 0.1) is 12.7 Å². The van der Waals surface area contributed by atoms with Crippen molar-refractivity contribution in [2.24, 2.45) is 0 Å². The van der Waals surface area contributed by atoms with Crippen LogP contribution < -0.4 is 0 Å². The van der Waals surface area contributed by atoms with Crippen molar-refractivity contribution in [2.45, 2.75) is 103 Å². The van der Waals surface area contributed by atoms with Crippen LogP contribution in [0.5, 0.6) is 0 Å². The highest BCUT2D eigenvalue weighted by Gasteiger charge is 2.41. The fourth-order valence-corrected chi connectivity index (χ4v) is 4.19. The van der Waals surface area contributed by atoms with E-state index in [4.69, 9.17) is 8.85 Å². The third-order valence-electron chi connectivity index (χ3n) is 5.64. The molecule has 1 atom stereocenters. The second-order valence-electron chi connectivity index (χ2n) is 9.79. The van der Waals surface area contributed by atoms with E-state index in [1.54, 1.807) is 0 Å². The fourth-order valence-electron chi connectivity index (χ4n) is 1.78. The molecule has 0 heterocycles. The second kappa shape index (κ2) is 8.46. The van der Waals surface area contributed by atoms with Gasteiger partial charge in [0, 0.05) is 0 Å². The van der Waals surface area contributed by atoms with Crippen LogP contribution in [0.1, 0.15) is 60.8 Å². The van der Waals surface area contributed by atoms with Crippen molar-refractivity contribution in [3.63, 3.8) is 0 Å². The molecular formula is C19H42O2Si2. The lowest BCUT2D eigenvalue weighted by molar-refractivity contribution is 0.0990. The van der Waals surface area contributed by atoms with Crippen LogP contribution in [-0.4, -0.2) is 29.3 Å². The predicted molar refractivity (Wildman–Crippen MR) is 109 cm³/mol. The van der Waals surface area contributed by atoms with Gasteiger partial charge in [0.25, 0.3) is 0 Å². The third kappa shape index (κ3) is 7.67. The van der Waals surface area contributed by atoms with Crippen molar-refractivity contribution in [2.75, 3.05) is 6.61 Å². The molecule has 4 heteroatoms. The van der Waals surface area contributed by atoms with Crippen LogP contribution in [0.3, 0.4) is 0 Å². The molecule has 0 saturated heterocycles. The Balaban J connectivity index is 4.92. The zero-order valence-corrected chi connectivity index (χ0v) is 19.5. The SMILES string of the molecule is C=CCCC[C@@H](CO[Si](C)(C)C(C)(C)C)O[Si](C)(C)C(C)(C)C. The highest BCUT2D eigenvalue weighted by Crippen LogP contribution is 2.39. The quantitative estimate of drug-likeness (QED) is 0.258. The van der Waals surface area contributed by atoms with E-state index >= 15 is 0 Å². The van der Waals surface area contributed by atoms with Crippen LogP contribution in [0.15, 0.2) is 12.7 Å². The molecule has 0 aromatic rings. The lowest BCUT2D eigenvalue weighted by Crippen LogP contribution is -2.47. The zero-order chi connectivity index (χ0) is 18.5. The predicted octanol–water partition coefficient (Wildman–Crippen LogP) is 6.75. The van der Waals surface area contributed by atoms with E-state index in [1.165, 1.54) is 0 Å². The van der Waals surface area contributed by atoms with Crippen LogP contribution >= 0.6 is 0 Å². The van der Waals surface area contributed by atoms with E-state index in [0.717, 1.165) is 25.9 Å². The maximum absolute atomic E-state index is 6.66. The summed E-state index contributed by atoms with van der Waals surface area (Å²) in [5, 5.41) is 0.482. The first-order valence-electron chi connectivity index (χ1n) is 9.07. The van der Waals surface area contributed by atoms with E-state index in [2.05, 4.69) is 74.3 Å². The molecule has 138 valence electrons. The molecule has 0 rings (SSSR count). The molecule has 0 aromatic heterocycles. The average Bonchev–Trinajstić information content (AvgIpc) is 2.33. The van der Waals surface area contributed by atoms with Gasteiger partial charge in [-0.1, -0.05) is 47.6 Å². The Kier molecular flexibility index (Phi) is 8.49. The van der Waals surface area contributed by atoms with E-state index in [-0.39, 0.29) is 16.2 Å². The van der Waals surface area contributed by atoms with Crippen molar-refractivity contribution in [3.8, 4) is 0 Å². The normalized spacial score (nSPS) is 15.6. The Hall–Kier alpha value is 0.0938. The third-order valence-corrected chi connectivity index (χ3v) is 14.7. The lowest BCUT2D eigenvalue weighted by Gasteiger charge is -2.41. The van der Waals surface area contributed by atoms with Gasteiger partial charge in [-0.05, 0) is 55.5 Å².